The topological polar surface area (TPSA) is 50.3 Å². The second-order valence-electron chi connectivity index (χ2n) is 7.50. The van der Waals surface area contributed by atoms with Crippen molar-refractivity contribution in [1.82, 2.24) is 15.3 Å². The number of aryl methyl sites for hydroxylation is 1. The van der Waals surface area contributed by atoms with Crippen LogP contribution in [-0.2, 0) is 6.42 Å². The fourth-order valence-electron chi connectivity index (χ4n) is 4.06. The number of benzene rings is 1. The van der Waals surface area contributed by atoms with E-state index in [0.29, 0.717) is 5.75 Å². The van der Waals surface area contributed by atoms with Crippen molar-refractivity contribution in [2.45, 2.75) is 31.7 Å². The Labute approximate surface area is 168 Å². The van der Waals surface area contributed by atoms with Gasteiger partial charge in [-0.2, -0.15) is 0 Å². The van der Waals surface area contributed by atoms with Crippen LogP contribution in [0.3, 0.4) is 0 Å². The highest BCUT2D eigenvalue weighted by Gasteiger charge is 2.36. The summed E-state index contributed by atoms with van der Waals surface area (Å²) in [6.45, 7) is 4.94. The Morgan fingerprint density at radius 3 is 3.14 bits per heavy atom. The van der Waals surface area contributed by atoms with Crippen molar-refractivity contribution in [3.63, 3.8) is 0 Å². The number of anilines is 1. The number of aromatic nitrogens is 2. The van der Waals surface area contributed by atoms with Gasteiger partial charge in [0.25, 0.3) is 0 Å². The molecular formula is C21H25FN4OS. The number of hydrogen-bond acceptors (Lipinski definition) is 6. The highest BCUT2D eigenvalue weighted by atomic mass is 32.1. The third-order valence-corrected chi connectivity index (χ3v) is 6.59. The van der Waals surface area contributed by atoms with Gasteiger partial charge < -0.3 is 15.0 Å². The minimum absolute atomic E-state index is 0.0725. The molecule has 1 aliphatic rings. The number of rotatable bonds is 6. The molecule has 148 valence electrons. The van der Waals surface area contributed by atoms with E-state index < -0.39 is 0 Å². The fraction of sp³-hybridized carbons (Fsp3) is 0.429. The monoisotopic (exact) mass is 400 g/mol. The zero-order valence-corrected chi connectivity index (χ0v) is 17.1. The third-order valence-electron chi connectivity index (χ3n) is 5.58. The first kappa shape index (κ1) is 19.1. The molecule has 2 aromatic heterocycles. The highest BCUT2D eigenvalue weighted by molar-refractivity contribution is 7.17. The predicted molar refractivity (Wildman–Crippen MR) is 112 cm³/mol. The summed E-state index contributed by atoms with van der Waals surface area (Å²) in [4.78, 5) is 10.9. The van der Waals surface area contributed by atoms with Gasteiger partial charge in [0.2, 0.25) is 0 Å². The first-order chi connectivity index (χ1) is 13.6. The largest absolute Gasteiger partial charge is 0.491 e. The second-order valence-corrected chi connectivity index (χ2v) is 8.41. The first-order valence-corrected chi connectivity index (χ1v) is 10.5. The number of hydrogen-bond donors (Lipinski definition) is 1. The molecule has 7 heteroatoms. The molecule has 1 fully saturated rings. The lowest BCUT2D eigenvalue weighted by atomic mass is 9.89. The van der Waals surface area contributed by atoms with Crippen molar-refractivity contribution in [3.05, 3.63) is 47.5 Å². The lowest BCUT2D eigenvalue weighted by Crippen LogP contribution is -2.60. The number of ether oxygens (including phenoxy) is 1. The molecule has 4 rings (SSSR count). The van der Waals surface area contributed by atoms with E-state index in [-0.39, 0.29) is 11.4 Å². The summed E-state index contributed by atoms with van der Waals surface area (Å²) in [6.07, 6.45) is 6.25. The van der Waals surface area contributed by atoms with Gasteiger partial charge in [-0.1, -0.05) is 0 Å². The lowest BCUT2D eigenvalue weighted by Gasteiger charge is -2.46. The van der Waals surface area contributed by atoms with Gasteiger partial charge in [0.05, 0.1) is 18.8 Å². The van der Waals surface area contributed by atoms with Crippen LogP contribution in [-0.4, -0.2) is 42.3 Å². The average Bonchev–Trinajstić information content (AvgIpc) is 3.10. The van der Waals surface area contributed by atoms with Crippen molar-refractivity contribution in [1.29, 1.82) is 0 Å². The normalized spacial score (nSPS) is 19.9. The third kappa shape index (κ3) is 3.69. The number of piperazine rings is 1. The van der Waals surface area contributed by atoms with Crippen LogP contribution in [0.4, 0.5) is 10.2 Å². The molecule has 0 amide bonds. The number of thiophene rings is 1. The maximum absolute atomic E-state index is 13.6. The summed E-state index contributed by atoms with van der Waals surface area (Å²) >= 11 is 1.69. The van der Waals surface area contributed by atoms with Crippen LogP contribution in [0.25, 0.3) is 10.1 Å². The van der Waals surface area contributed by atoms with Crippen LogP contribution >= 0.6 is 11.3 Å². The molecule has 28 heavy (non-hydrogen) atoms. The Morgan fingerprint density at radius 1 is 1.39 bits per heavy atom. The van der Waals surface area contributed by atoms with E-state index in [1.165, 1.54) is 11.6 Å². The Balaban J connectivity index is 1.50. The van der Waals surface area contributed by atoms with Crippen molar-refractivity contribution in [2.24, 2.45) is 0 Å². The molecule has 0 aliphatic carbocycles. The summed E-state index contributed by atoms with van der Waals surface area (Å²) in [5, 5.41) is 6.73. The Hall–Kier alpha value is -2.25. The van der Waals surface area contributed by atoms with Gasteiger partial charge in [0.15, 0.2) is 11.6 Å². The van der Waals surface area contributed by atoms with E-state index in [1.54, 1.807) is 37.0 Å². The summed E-state index contributed by atoms with van der Waals surface area (Å²) in [5.41, 5.74) is 1.16. The Kier molecular flexibility index (Phi) is 5.46. The highest BCUT2D eigenvalue weighted by Crippen LogP contribution is 2.34. The van der Waals surface area contributed by atoms with Gasteiger partial charge in [-0.15, -0.1) is 11.3 Å². The van der Waals surface area contributed by atoms with E-state index in [1.807, 2.05) is 6.07 Å². The smallest absolute Gasteiger partial charge is 0.179 e. The second kappa shape index (κ2) is 8.01. The van der Waals surface area contributed by atoms with Crippen LogP contribution in [0.5, 0.6) is 5.75 Å². The van der Waals surface area contributed by atoms with Crippen LogP contribution < -0.4 is 15.0 Å². The van der Waals surface area contributed by atoms with Crippen molar-refractivity contribution >= 4 is 27.2 Å². The number of nitrogens with zero attached hydrogens (tertiary/aromatic N) is 3. The number of methoxy groups -OCH3 is 1. The van der Waals surface area contributed by atoms with Gasteiger partial charge in [-0.05, 0) is 60.7 Å². The first-order valence-electron chi connectivity index (χ1n) is 9.59. The predicted octanol–water partition coefficient (Wildman–Crippen LogP) is 4.03. The molecule has 3 aromatic rings. The zero-order valence-electron chi connectivity index (χ0n) is 16.2. The SMILES string of the molecule is COc1cncnc1N1CCNCC1(C)CCCc1csc2ccc(F)cc12. The molecule has 3 heterocycles. The molecule has 0 bridgehead atoms. The summed E-state index contributed by atoms with van der Waals surface area (Å²) < 4.78 is 20.3. The zero-order chi connectivity index (χ0) is 19.6. The number of fused-ring (bicyclic) bond motifs is 1. The van der Waals surface area contributed by atoms with E-state index in [9.17, 15) is 4.39 Å². The van der Waals surface area contributed by atoms with Crippen molar-refractivity contribution in [3.8, 4) is 5.75 Å². The van der Waals surface area contributed by atoms with E-state index in [0.717, 1.165) is 54.8 Å². The van der Waals surface area contributed by atoms with Crippen LogP contribution in [0.1, 0.15) is 25.3 Å². The number of halogens is 1. The van der Waals surface area contributed by atoms with Gasteiger partial charge in [-0.25, -0.2) is 14.4 Å². The van der Waals surface area contributed by atoms with Crippen LogP contribution in [0.2, 0.25) is 0 Å². The Bertz CT molecular complexity index is 962. The molecule has 0 radical (unpaired) electrons. The molecule has 5 nitrogen and oxygen atoms in total. The van der Waals surface area contributed by atoms with E-state index in [2.05, 4.69) is 32.5 Å². The number of nitrogens with one attached hydrogen (secondary N) is 1. The van der Waals surface area contributed by atoms with Gasteiger partial charge in [-0.3, -0.25) is 0 Å². The standard InChI is InChI=1S/C21H25FN4OS/c1-21(7-3-4-15-12-28-19-6-5-16(22)10-17(15)19)13-23-8-9-26(21)20-18(27-2)11-24-14-25-20/h5-6,10-12,14,23H,3-4,7-9,13H2,1-2H3. The lowest BCUT2D eigenvalue weighted by molar-refractivity contribution is 0.316. The molecular weight excluding hydrogens is 375 g/mol. The van der Waals surface area contributed by atoms with Gasteiger partial charge >= 0.3 is 0 Å². The van der Waals surface area contributed by atoms with Crippen molar-refractivity contribution in [2.75, 3.05) is 31.6 Å². The Morgan fingerprint density at radius 2 is 2.29 bits per heavy atom. The van der Waals surface area contributed by atoms with Crippen LogP contribution in [0, 0.1) is 5.82 Å². The molecule has 1 saturated heterocycles. The van der Waals surface area contributed by atoms with Gasteiger partial charge in [0, 0.05) is 24.3 Å². The minimum Gasteiger partial charge on any atom is -0.491 e. The molecule has 1 aliphatic heterocycles. The fourth-order valence-corrected chi connectivity index (χ4v) is 5.04. The van der Waals surface area contributed by atoms with E-state index >= 15 is 0 Å². The molecule has 0 saturated carbocycles. The summed E-state index contributed by atoms with van der Waals surface area (Å²) in [6, 6.07) is 5.06. The molecule has 1 unspecified atom stereocenters. The maximum Gasteiger partial charge on any atom is 0.179 e. The average molecular weight is 401 g/mol. The quantitative estimate of drug-likeness (QED) is 0.677. The molecule has 1 atom stereocenters. The molecule has 1 aromatic carbocycles. The summed E-state index contributed by atoms with van der Waals surface area (Å²) in [5.74, 6) is 1.39. The molecule has 1 N–H and O–H groups in total. The minimum atomic E-state index is -0.169. The van der Waals surface area contributed by atoms with Crippen molar-refractivity contribution < 1.29 is 9.13 Å². The molecule has 0 spiro atoms. The van der Waals surface area contributed by atoms with Crippen LogP contribution in [0.15, 0.2) is 36.1 Å². The van der Waals surface area contributed by atoms with Gasteiger partial charge in [0.1, 0.15) is 12.1 Å². The van der Waals surface area contributed by atoms with E-state index in [4.69, 9.17) is 4.74 Å². The summed E-state index contributed by atoms with van der Waals surface area (Å²) in [7, 11) is 1.66. The maximum atomic E-state index is 13.6.